The Labute approximate surface area is 213 Å². The van der Waals surface area contributed by atoms with Crippen molar-refractivity contribution < 1.29 is 9.90 Å². The molecule has 0 atom stereocenters. The highest BCUT2D eigenvalue weighted by atomic mass is 16.3. The molecule has 2 aromatic heterocycles. The lowest BCUT2D eigenvalue weighted by Crippen LogP contribution is -2.39. The summed E-state index contributed by atoms with van der Waals surface area (Å²) in [6.07, 6.45) is 4.34. The van der Waals surface area contributed by atoms with Gasteiger partial charge in [0.05, 0.1) is 23.9 Å². The third kappa shape index (κ3) is 4.15. The monoisotopic (exact) mass is 496 g/mol. The van der Waals surface area contributed by atoms with Crippen LogP contribution in [0.1, 0.15) is 61.0 Å². The number of nitrogens with one attached hydrogen (secondary N) is 1. The van der Waals surface area contributed by atoms with Crippen molar-refractivity contribution in [3.63, 3.8) is 0 Å². The van der Waals surface area contributed by atoms with Gasteiger partial charge < -0.3 is 5.11 Å². The van der Waals surface area contributed by atoms with Crippen molar-refractivity contribution in [2.75, 3.05) is 0 Å². The van der Waals surface area contributed by atoms with Crippen molar-refractivity contribution >= 4 is 17.4 Å². The maximum atomic E-state index is 13.9. The zero-order chi connectivity index (χ0) is 25.5. The normalized spacial score (nSPS) is 19.1. The minimum absolute atomic E-state index is 0.0791. The van der Waals surface area contributed by atoms with Gasteiger partial charge in [-0.15, -0.1) is 0 Å². The number of aromatic nitrogens is 4. The fourth-order valence-corrected chi connectivity index (χ4v) is 5.38. The predicted molar refractivity (Wildman–Crippen MR) is 140 cm³/mol. The Morgan fingerprint density at radius 2 is 1.89 bits per heavy atom. The van der Waals surface area contributed by atoms with Crippen LogP contribution in [0.2, 0.25) is 0 Å². The van der Waals surface area contributed by atoms with E-state index in [9.17, 15) is 14.7 Å². The molecule has 0 saturated heterocycles. The second kappa shape index (κ2) is 9.40. The summed E-state index contributed by atoms with van der Waals surface area (Å²) in [6.45, 7) is 2.08. The van der Waals surface area contributed by atoms with Crippen LogP contribution < -0.4 is 11.0 Å². The van der Waals surface area contributed by atoms with Gasteiger partial charge in [-0.05, 0) is 42.0 Å². The third-order valence-electron chi connectivity index (χ3n) is 7.27. The van der Waals surface area contributed by atoms with E-state index in [2.05, 4.69) is 27.5 Å². The van der Waals surface area contributed by atoms with Crippen molar-refractivity contribution in [1.82, 2.24) is 24.6 Å². The SMILES string of the molecule is CCCc1c(Cc2ccc(-c3ccccc3)c(C3=NNC(=O)C3)c2)c(=O)n(C2CC(O)C2)c2ncnn12. The molecule has 6 rings (SSSR count). The first-order chi connectivity index (χ1) is 18.0. The van der Waals surface area contributed by atoms with E-state index in [0.717, 1.165) is 34.4 Å². The average Bonchev–Trinajstić information content (AvgIpc) is 3.55. The van der Waals surface area contributed by atoms with Gasteiger partial charge in [-0.25, -0.2) is 9.94 Å². The molecule has 2 aliphatic rings. The number of nitrogens with zero attached hydrogens (tertiary/aromatic N) is 5. The Kier molecular flexibility index (Phi) is 5.92. The quantitative estimate of drug-likeness (QED) is 0.408. The van der Waals surface area contributed by atoms with E-state index in [4.69, 9.17) is 0 Å². The van der Waals surface area contributed by atoms with E-state index in [-0.39, 0.29) is 23.9 Å². The van der Waals surface area contributed by atoms with Crippen molar-refractivity contribution in [3.05, 3.63) is 87.6 Å². The highest BCUT2D eigenvalue weighted by Crippen LogP contribution is 2.33. The van der Waals surface area contributed by atoms with Gasteiger partial charge in [0, 0.05) is 23.6 Å². The minimum atomic E-state index is -0.393. The summed E-state index contributed by atoms with van der Waals surface area (Å²) in [7, 11) is 0. The number of fused-ring (bicyclic) bond motifs is 1. The lowest BCUT2D eigenvalue weighted by atomic mass is 9.88. The molecule has 37 heavy (non-hydrogen) atoms. The molecule has 2 aromatic carbocycles. The molecule has 9 heteroatoms. The molecule has 9 nitrogen and oxygen atoms in total. The van der Waals surface area contributed by atoms with Crippen LogP contribution in [-0.2, 0) is 17.6 Å². The Hall–Kier alpha value is -4.11. The highest BCUT2D eigenvalue weighted by molar-refractivity contribution is 6.16. The Balaban J connectivity index is 1.48. The van der Waals surface area contributed by atoms with E-state index in [1.54, 1.807) is 9.08 Å². The number of aryl methyl sites for hydroxylation is 1. The first-order valence-electron chi connectivity index (χ1n) is 12.7. The molecule has 0 spiro atoms. The van der Waals surface area contributed by atoms with Gasteiger partial charge in [-0.3, -0.25) is 14.2 Å². The van der Waals surface area contributed by atoms with E-state index >= 15 is 0 Å². The molecule has 2 N–H and O–H groups in total. The number of benzene rings is 2. The number of amides is 1. The number of carbonyl (C=O) groups is 1. The molecule has 1 aliphatic carbocycles. The summed E-state index contributed by atoms with van der Waals surface area (Å²) < 4.78 is 3.49. The van der Waals surface area contributed by atoms with E-state index in [1.807, 2.05) is 48.5 Å². The van der Waals surface area contributed by atoms with E-state index in [0.29, 0.717) is 42.7 Å². The van der Waals surface area contributed by atoms with Gasteiger partial charge in [0.25, 0.3) is 5.56 Å². The number of hydrogen-bond acceptors (Lipinski definition) is 6. The molecular formula is C28H28N6O3. The molecule has 0 unspecified atom stereocenters. The van der Waals surface area contributed by atoms with Crippen LogP contribution in [0.4, 0.5) is 0 Å². The van der Waals surface area contributed by atoms with Gasteiger partial charge in [0.2, 0.25) is 11.7 Å². The molecule has 0 bridgehead atoms. The number of carbonyl (C=O) groups excluding carboxylic acids is 1. The number of aliphatic hydroxyl groups excluding tert-OH is 1. The van der Waals surface area contributed by atoms with Crippen LogP contribution in [0, 0.1) is 0 Å². The molecule has 1 aliphatic heterocycles. The van der Waals surface area contributed by atoms with Crippen molar-refractivity contribution in [2.24, 2.45) is 5.10 Å². The van der Waals surface area contributed by atoms with Crippen LogP contribution in [0.15, 0.2) is 64.8 Å². The first-order valence-corrected chi connectivity index (χ1v) is 12.7. The van der Waals surface area contributed by atoms with Crippen LogP contribution in [-0.4, -0.2) is 42.0 Å². The second-order valence-corrected chi connectivity index (χ2v) is 9.79. The molecule has 4 aromatic rings. The summed E-state index contributed by atoms with van der Waals surface area (Å²) in [5.41, 5.74) is 8.56. The van der Waals surface area contributed by atoms with Crippen molar-refractivity contribution in [2.45, 2.75) is 57.6 Å². The molecule has 1 fully saturated rings. The molecule has 3 heterocycles. The molecule has 1 amide bonds. The summed E-state index contributed by atoms with van der Waals surface area (Å²) in [5, 5.41) is 18.7. The fourth-order valence-electron chi connectivity index (χ4n) is 5.38. The van der Waals surface area contributed by atoms with Gasteiger partial charge in [0.15, 0.2) is 0 Å². The summed E-state index contributed by atoms with van der Waals surface area (Å²) in [4.78, 5) is 30.3. The summed E-state index contributed by atoms with van der Waals surface area (Å²) in [5.74, 6) is 0.394. The van der Waals surface area contributed by atoms with Crippen molar-refractivity contribution in [1.29, 1.82) is 0 Å². The zero-order valence-corrected chi connectivity index (χ0v) is 20.6. The largest absolute Gasteiger partial charge is 0.393 e. The number of rotatable bonds is 7. The van der Waals surface area contributed by atoms with Gasteiger partial charge in [-0.1, -0.05) is 55.8 Å². The lowest BCUT2D eigenvalue weighted by molar-refractivity contribution is -0.119. The number of hydrazone groups is 1. The molecule has 0 radical (unpaired) electrons. The van der Waals surface area contributed by atoms with Crippen LogP contribution in [0.3, 0.4) is 0 Å². The predicted octanol–water partition coefficient (Wildman–Crippen LogP) is 3.02. The third-order valence-corrected chi connectivity index (χ3v) is 7.27. The maximum Gasteiger partial charge on any atom is 0.259 e. The summed E-state index contributed by atoms with van der Waals surface area (Å²) in [6, 6.07) is 16.0. The zero-order valence-electron chi connectivity index (χ0n) is 20.6. The topological polar surface area (TPSA) is 114 Å². The van der Waals surface area contributed by atoms with Gasteiger partial charge in [-0.2, -0.15) is 15.2 Å². The summed E-state index contributed by atoms with van der Waals surface area (Å²) >= 11 is 0. The Morgan fingerprint density at radius 1 is 1.08 bits per heavy atom. The van der Waals surface area contributed by atoms with Crippen LogP contribution in [0.25, 0.3) is 16.9 Å². The molecule has 1 saturated carbocycles. The standard InChI is InChI=1S/C28H28N6O3/c1-2-6-25-23(27(37)33(19-13-20(35)14-19)28-29-16-30-34(25)28)12-17-9-10-21(18-7-4-3-5-8-18)22(11-17)24-15-26(36)32-31-24/h3-5,7-11,16,19-20,35H,2,6,12-15H2,1H3,(H,32,36). The number of aliphatic hydroxyl groups is 1. The molecular weight excluding hydrogens is 468 g/mol. The average molecular weight is 497 g/mol. The van der Waals surface area contributed by atoms with Crippen molar-refractivity contribution in [3.8, 4) is 11.1 Å². The Morgan fingerprint density at radius 3 is 2.59 bits per heavy atom. The van der Waals surface area contributed by atoms with Crippen LogP contribution >= 0.6 is 0 Å². The lowest BCUT2D eigenvalue weighted by Gasteiger charge is -2.33. The first kappa shape index (κ1) is 23.3. The van der Waals surface area contributed by atoms with Crippen LogP contribution in [0.5, 0.6) is 0 Å². The second-order valence-electron chi connectivity index (χ2n) is 9.79. The maximum absolute atomic E-state index is 13.9. The minimum Gasteiger partial charge on any atom is -0.393 e. The smallest absolute Gasteiger partial charge is 0.259 e. The van der Waals surface area contributed by atoms with Gasteiger partial charge in [0.1, 0.15) is 6.33 Å². The molecule has 188 valence electrons. The highest BCUT2D eigenvalue weighted by Gasteiger charge is 2.33. The Bertz CT molecular complexity index is 1580. The van der Waals surface area contributed by atoms with E-state index < -0.39 is 6.10 Å². The van der Waals surface area contributed by atoms with Gasteiger partial charge >= 0.3 is 0 Å². The van der Waals surface area contributed by atoms with E-state index in [1.165, 1.54) is 6.33 Å². The fraction of sp³-hybridized carbons (Fsp3) is 0.321. The number of hydrogen-bond donors (Lipinski definition) is 2.